The number of carboxylic acid groups (broad SMARTS) is 1. The van der Waals surface area contributed by atoms with Gasteiger partial charge in [0.25, 0.3) is 0 Å². The topological polar surface area (TPSA) is 65.0 Å². The van der Waals surface area contributed by atoms with E-state index in [0.29, 0.717) is 23.7 Å². The van der Waals surface area contributed by atoms with Crippen molar-refractivity contribution in [2.45, 2.75) is 25.9 Å². The number of alkyl halides is 3. The van der Waals surface area contributed by atoms with Crippen molar-refractivity contribution in [2.75, 3.05) is 13.7 Å². The van der Waals surface area contributed by atoms with E-state index >= 15 is 0 Å². The molecule has 0 spiro atoms. The fourth-order valence-corrected chi connectivity index (χ4v) is 2.39. The molecule has 0 aromatic heterocycles. The number of hydrogen-bond acceptors (Lipinski definition) is 4. The van der Waals surface area contributed by atoms with E-state index < -0.39 is 17.7 Å². The SMILES string of the molecule is CCOc1cc(Oc2ccc(C(F)(F)F)cc2OC)ccc1CCC(=O)O. The number of aryl methyl sites for hydroxylation is 1. The fraction of sp³-hybridized carbons (Fsp3) is 0.316. The second-order valence-electron chi connectivity index (χ2n) is 5.56. The van der Waals surface area contributed by atoms with Gasteiger partial charge < -0.3 is 19.3 Å². The molecule has 0 saturated heterocycles. The van der Waals surface area contributed by atoms with Gasteiger partial charge in [-0.15, -0.1) is 0 Å². The molecular formula is C19H19F3O5. The van der Waals surface area contributed by atoms with Gasteiger partial charge in [-0.25, -0.2) is 0 Å². The van der Waals surface area contributed by atoms with Crippen LogP contribution in [0, 0.1) is 0 Å². The Morgan fingerprint density at radius 1 is 1.07 bits per heavy atom. The van der Waals surface area contributed by atoms with Gasteiger partial charge >= 0.3 is 12.1 Å². The van der Waals surface area contributed by atoms with E-state index in [2.05, 4.69) is 0 Å². The van der Waals surface area contributed by atoms with Crippen molar-refractivity contribution in [1.29, 1.82) is 0 Å². The monoisotopic (exact) mass is 384 g/mol. The molecule has 0 bridgehead atoms. The van der Waals surface area contributed by atoms with Gasteiger partial charge in [-0.3, -0.25) is 4.79 Å². The molecule has 8 heteroatoms. The maximum absolute atomic E-state index is 12.8. The summed E-state index contributed by atoms with van der Waals surface area (Å²) in [5.74, 6) is -0.0750. The molecule has 0 radical (unpaired) electrons. The van der Waals surface area contributed by atoms with Gasteiger partial charge in [0.15, 0.2) is 11.5 Å². The molecular weight excluding hydrogens is 365 g/mol. The lowest BCUT2D eigenvalue weighted by Crippen LogP contribution is -2.05. The quantitative estimate of drug-likeness (QED) is 0.700. The standard InChI is InChI=1S/C19H19F3O5/c1-3-26-16-11-14(7-4-12(16)5-9-18(23)24)27-15-8-6-13(19(20,21)22)10-17(15)25-2/h4,6-8,10-11H,3,5,9H2,1-2H3,(H,23,24). The van der Waals surface area contributed by atoms with Gasteiger partial charge in [0.05, 0.1) is 19.3 Å². The Balaban J connectivity index is 2.28. The zero-order chi connectivity index (χ0) is 20.0. The van der Waals surface area contributed by atoms with Gasteiger partial charge in [0.2, 0.25) is 0 Å². The van der Waals surface area contributed by atoms with Crippen molar-refractivity contribution in [2.24, 2.45) is 0 Å². The maximum atomic E-state index is 12.8. The Hall–Kier alpha value is -2.90. The van der Waals surface area contributed by atoms with E-state index in [1.54, 1.807) is 25.1 Å². The summed E-state index contributed by atoms with van der Waals surface area (Å²) in [5, 5.41) is 8.82. The minimum Gasteiger partial charge on any atom is -0.493 e. The first-order valence-corrected chi connectivity index (χ1v) is 8.15. The number of benzene rings is 2. The summed E-state index contributed by atoms with van der Waals surface area (Å²) in [4.78, 5) is 10.8. The second kappa shape index (κ2) is 8.66. The van der Waals surface area contributed by atoms with Crippen LogP contribution >= 0.6 is 0 Å². The Morgan fingerprint density at radius 3 is 2.41 bits per heavy atom. The van der Waals surface area contributed by atoms with Gasteiger partial charge in [-0.05, 0) is 43.2 Å². The third kappa shape index (κ3) is 5.54. The minimum absolute atomic E-state index is 0.0486. The molecule has 1 N–H and O–H groups in total. The molecule has 0 aliphatic carbocycles. The Kier molecular flexibility index (Phi) is 6.55. The molecule has 0 aliphatic heterocycles. The summed E-state index contributed by atoms with van der Waals surface area (Å²) in [5.41, 5.74) is -0.142. The van der Waals surface area contributed by atoms with Crippen LogP contribution in [0.2, 0.25) is 0 Å². The number of halogens is 3. The van der Waals surface area contributed by atoms with Crippen molar-refractivity contribution in [3.8, 4) is 23.0 Å². The fourth-order valence-electron chi connectivity index (χ4n) is 2.39. The number of rotatable bonds is 8. The highest BCUT2D eigenvalue weighted by molar-refractivity contribution is 5.67. The molecule has 2 aromatic carbocycles. The van der Waals surface area contributed by atoms with Crippen LogP contribution in [-0.2, 0) is 17.4 Å². The van der Waals surface area contributed by atoms with Gasteiger partial charge in [-0.2, -0.15) is 13.2 Å². The summed E-state index contributed by atoms with van der Waals surface area (Å²) < 4.78 is 54.6. The number of carbonyl (C=O) groups is 1. The first-order valence-electron chi connectivity index (χ1n) is 8.15. The van der Waals surface area contributed by atoms with E-state index in [9.17, 15) is 18.0 Å². The number of aliphatic carboxylic acids is 1. The van der Waals surface area contributed by atoms with Crippen LogP contribution in [0.25, 0.3) is 0 Å². The highest BCUT2D eigenvalue weighted by Gasteiger charge is 2.31. The molecule has 0 heterocycles. The lowest BCUT2D eigenvalue weighted by Gasteiger charge is -2.15. The molecule has 2 aromatic rings. The summed E-state index contributed by atoms with van der Waals surface area (Å²) in [6.45, 7) is 2.15. The molecule has 0 amide bonds. The number of carboxylic acids is 1. The summed E-state index contributed by atoms with van der Waals surface area (Å²) in [7, 11) is 1.25. The van der Waals surface area contributed by atoms with Crippen LogP contribution < -0.4 is 14.2 Å². The number of methoxy groups -OCH3 is 1. The van der Waals surface area contributed by atoms with E-state index in [0.717, 1.165) is 12.1 Å². The third-order valence-electron chi connectivity index (χ3n) is 3.67. The highest BCUT2D eigenvalue weighted by Crippen LogP contribution is 2.38. The maximum Gasteiger partial charge on any atom is 0.416 e. The van der Waals surface area contributed by atoms with Crippen molar-refractivity contribution in [3.05, 3.63) is 47.5 Å². The van der Waals surface area contributed by atoms with Crippen LogP contribution in [0.3, 0.4) is 0 Å². The van der Waals surface area contributed by atoms with E-state index in [1.807, 2.05) is 0 Å². The lowest BCUT2D eigenvalue weighted by molar-refractivity contribution is -0.138. The second-order valence-corrected chi connectivity index (χ2v) is 5.56. The molecule has 0 fully saturated rings. The van der Waals surface area contributed by atoms with Crippen LogP contribution in [0.5, 0.6) is 23.0 Å². The Bertz CT molecular complexity index is 802. The van der Waals surface area contributed by atoms with Crippen molar-refractivity contribution in [3.63, 3.8) is 0 Å². The van der Waals surface area contributed by atoms with Crippen LogP contribution in [0.15, 0.2) is 36.4 Å². The van der Waals surface area contributed by atoms with Crippen molar-refractivity contribution < 1.29 is 37.3 Å². The van der Waals surface area contributed by atoms with Crippen LogP contribution in [0.4, 0.5) is 13.2 Å². The average Bonchev–Trinajstić information content (AvgIpc) is 2.60. The zero-order valence-electron chi connectivity index (χ0n) is 14.8. The third-order valence-corrected chi connectivity index (χ3v) is 3.67. The Morgan fingerprint density at radius 2 is 1.81 bits per heavy atom. The Labute approximate surface area is 154 Å². The zero-order valence-corrected chi connectivity index (χ0v) is 14.8. The summed E-state index contributed by atoms with van der Waals surface area (Å²) in [6.07, 6.45) is -4.25. The molecule has 0 aliphatic rings. The molecule has 0 unspecified atom stereocenters. The summed E-state index contributed by atoms with van der Waals surface area (Å²) in [6, 6.07) is 7.78. The smallest absolute Gasteiger partial charge is 0.416 e. The van der Waals surface area contributed by atoms with Crippen LogP contribution in [0.1, 0.15) is 24.5 Å². The summed E-state index contributed by atoms with van der Waals surface area (Å²) >= 11 is 0. The van der Waals surface area contributed by atoms with E-state index in [4.69, 9.17) is 19.3 Å². The van der Waals surface area contributed by atoms with Crippen molar-refractivity contribution in [1.82, 2.24) is 0 Å². The van der Waals surface area contributed by atoms with Gasteiger partial charge in [0.1, 0.15) is 11.5 Å². The van der Waals surface area contributed by atoms with E-state index in [-0.39, 0.29) is 24.3 Å². The van der Waals surface area contributed by atoms with Gasteiger partial charge in [0, 0.05) is 12.5 Å². The van der Waals surface area contributed by atoms with Crippen LogP contribution in [-0.4, -0.2) is 24.8 Å². The molecule has 0 atom stereocenters. The first-order chi connectivity index (χ1) is 12.7. The number of ether oxygens (including phenoxy) is 3. The largest absolute Gasteiger partial charge is 0.493 e. The van der Waals surface area contributed by atoms with Crippen molar-refractivity contribution >= 4 is 5.97 Å². The first kappa shape index (κ1) is 20.4. The van der Waals surface area contributed by atoms with E-state index in [1.165, 1.54) is 13.2 Å². The molecule has 0 saturated carbocycles. The van der Waals surface area contributed by atoms with Gasteiger partial charge in [-0.1, -0.05) is 6.07 Å². The molecule has 5 nitrogen and oxygen atoms in total. The predicted octanol–water partition coefficient (Wildman–Crippen LogP) is 4.92. The molecule has 27 heavy (non-hydrogen) atoms. The molecule has 2 rings (SSSR count). The average molecular weight is 384 g/mol. The lowest BCUT2D eigenvalue weighted by atomic mass is 10.1. The number of hydrogen-bond donors (Lipinski definition) is 1. The predicted molar refractivity (Wildman–Crippen MR) is 91.6 cm³/mol. The highest BCUT2D eigenvalue weighted by atomic mass is 19.4. The minimum atomic E-state index is -4.49. The molecule has 146 valence electrons. The normalized spacial score (nSPS) is 11.1.